The SMILES string of the molecule is Cc1ccc2c(c1)c1cccc3c1n2B1c2ccccc2N(c2ccccc2)c2cccc-3c21. The Kier molecular flexibility index (Phi) is 3.44. The Balaban J connectivity index is 1.57. The molecule has 1 aromatic heterocycles. The lowest BCUT2D eigenvalue weighted by Crippen LogP contribution is -2.56. The van der Waals surface area contributed by atoms with Gasteiger partial charge in [0.1, 0.15) is 0 Å². The molecule has 0 spiro atoms. The van der Waals surface area contributed by atoms with Gasteiger partial charge in [0.05, 0.1) is 0 Å². The normalized spacial score (nSPS) is 13.3. The van der Waals surface area contributed by atoms with Gasteiger partial charge in [0.15, 0.2) is 0 Å². The summed E-state index contributed by atoms with van der Waals surface area (Å²) in [5.74, 6) is 0. The quantitative estimate of drug-likeness (QED) is 0.268. The van der Waals surface area contributed by atoms with Crippen molar-refractivity contribution in [2.24, 2.45) is 0 Å². The molecule has 3 heteroatoms. The zero-order chi connectivity index (χ0) is 22.4. The molecule has 8 rings (SSSR count). The predicted molar refractivity (Wildman–Crippen MR) is 145 cm³/mol. The molecular formula is C31H21BN2. The van der Waals surface area contributed by atoms with E-state index in [4.69, 9.17) is 0 Å². The van der Waals surface area contributed by atoms with E-state index in [2.05, 4.69) is 125 Å². The Labute approximate surface area is 198 Å². The largest absolute Gasteiger partial charge is 0.375 e. The molecule has 0 saturated carbocycles. The van der Waals surface area contributed by atoms with Gasteiger partial charge in [0.2, 0.25) is 0 Å². The summed E-state index contributed by atoms with van der Waals surface area (Å²) in [6.45, 7) is 2.33. The highest BCUT2D eigenvalue weighted by Crippen LogP contribution is 2.44. The maximum atomic E-state index is 2.60. The van der Waals surface area contributed by atoms with Crippen LogP contribution in [-0.4, -0.2) is 11.3 Å². The maximum Gasteiger partial charge on any atom is 0.333 e. The zero-order valence-electron chi connectivity index (χ0n) is 18.9. The van der Waals surface area contributed by atoms with Gasteiger partial charge in [-0.25, -0.2) is 0 Å². The molecule has 158 valence electrons. The van der Waals surface area contributed by atoms with Gasteiger partial charge >= 0.3 is 6.85 Å². The van der Waals surface area contributed by atoms with Gasteiger partial charge < -0.3 is 9.38 Å². The van der Waals surface area contributed by atoms with Crippen LogP contribution in [0.3, 0.4) is 0 Å². The lowest BCUT2D eigenvalue weighted by Gasteiger charge is -2.40. The molecule has 0 saturated heterocycles. The minimum atomic E-state index is 0.139. The topological polar surface area (TPSA) is 8.17 Å². The van der Waals surface area contributed by atoms with E-state index >= 15 is 0 Å². The van der Waals surface area contributed by atoms with Crippen LogP contribution in [0.2, 0.25) is 0 Å². The third kappa shape index (κ3) is 2.17. The second-order valence-corrected chi connectivity index (χ2v) is 9.46. The number of benzene rings is 5. The smallest absolute Gasteiger partial charge is 0.333 e. The van der Waals surface area contributed by atoms with Crippen LogP contribution in [0.4, 0.5) is 17.1 Å². The molecule has 0 unspecified atom stereocenters. The minimum absolute atomic E-state index is 0.139. The van der Waals surface area contributed by atoms with Crippen molar-refractivity contribution in [2.45, 2.75) is 6.92 Å². The van der Waals surface area contributed by atoms with Crippen LogP contribution in [0.1, 0.15) is 5.56 Å². The number of anilines is 3. The highest BCUT2D eigenvalue weighted by atomic mass is 15.2. The first-order chi connectivity index (χ1) is 16.8. The van der Waals surface area contributed by atoms with Crippen LogP contribution in [-0.2, 0) is 0 Å². The summed E-state index contributed by atoms with van der Waals surface area (Å²) in [7, 11) is 0. The lowest BCUT2D eigenvalue weighted by atomic mass is 9.45. The third-order valence-corrected chi connectivity index (χ3v) is 7.61. The van der Waals surface area contributed by atoms with Crippen molar-refractivity contribution in [1.29, 1.82) is 0 Å². The van der Waals surface area contributed by atoms with Gasteiger partial charge in [-0.15, -0.1) is 0 Å². The van der Waals surface area contributed by atoms with Crippen LogP contribution in [0.15, 0.2) is 109 Å². The third-order valence-electron chi connectivity index (χ3n) is 7.61. The second-order valence-electron chi connectivity index (χ2n) is 9.46. The molecule has 0 bridgehead atoms. The fourth-order valence-electron chi connectivity index (χ4n) is 6.30. The summed E-state index contributed by atoms with van der Waals surface area (Å²) in [4.78, 5) is 2.44. The molecule has 3 heterocycles. The fraction of sp³-hybridized carbons (Fsp3) is 0.0323. The molecule has 5 aromatic carbocycles. The van der Waals surface area contributed by atoms with E-state index in [1.54, 1.807) is 0 Å². The highest BCUT2D eigenvalue weighted by molar-refractivity contribution is 6.90. The number of aryl methyl sites for hydroxylation is 1. The molecule has 0 radical (unpaired) electrons. The zero-order valence-corrected chi connectivity index (χ0v) is 18.9. The van der Waals surface area contributed by atoms with Crippen molar-refractivity contribution in [3.05, 3.63) is 115 Å². The van der Waals surface area contributed by atoms with Gasteiger partial charge in [-0.3, -0.25) is 0 Å². The number of aromatic nitrogens is 1. The van der Waals surface area contributed by atoms with Crippen molar-refractivity contribution < 1.29 is 0 Å². The van der Waals surface area contributed by atoms with Crippen molar-refractivity contribution in [3.63, 3.8) is 0 Å². The molecule has 0 N–H and O–H groups in total. The predicted octanol–water partition coefficient (Wildman–Crippen LogP) is 6.52. The van der Waals surface area contributed by atoms with E-state index in [9.17, 15) is 0 Å². The first-order valence-corrected chi connectivity index (χ1v) is 11.9. The summed E-state index contributed by atoms with van der Waals surface area (Å²) in [5.41, 5.74) is 13.1. The van der Waals surface area contributed by atoms with E-state index in [0.717, 1.165) is 0 Å². The Hall–Kier alpha value is -4.24. The number of hydrogen-bond donors (Lipinski definition) is 0. The molecular weight excluding hydrogens is 411 g/mol. The Morgan fingerprint density at radius 1 is 0.618 bits per heavy atom. The Bertz CT molecular complexity index is 1780. The highest BCUT2D eigenvalue weighted by Gasteiger charge is 2.42. The van der Waals surface area contributed by atoms with Gasteiger partial charge in [-0.05, 0) is 59.8 Å². The second kappa shape index (κ2) is 6.42. The lowest BCUT2D eigenvalue weighted by molar-refractivity contribution is 1.25. The van der Waals surface area contributed by atoms with E-state index in [1.807, 2.05) is 0 Å². The summed E-state index contributed by atoms with van der Waals surface area (Å²) in [6, 6.07) is 40.2. The number of hydrogen-bond acceptors (Lipinski definition) is 1. The maximum absolute atomic E-state index is 2.60. The standard InChI is InChI=1S/C31H21BN2/c1-20-17-18-27-25(19-20)24-13-7-12-23-22-11-8-16-29-30(22)32(34(27)31(23)24)26-14-5-6-15-28(26)33(29)21-9-3-2-4-10-21/h2-19H,1H3. The molecule has 2 nitrogen and oxygen atoms in total. The summed E-state index contributed by atoms with van der Waals surface area (Å²) in [6.07, 6.45) is 0. The van der Waals surface area contributed by atoms with Crippen LogP contribution in [0, 0.1) is 6.92 Å². The van der Waals surface area contributed by atoms with Crippen LogP contribution >= 0.6 is 0 Å². The van der Waals surface area contributed by atoms with Crippen LogP contribution in [0.25, 0.3) is 32.9 Å². The fourth-order valence-corrected chi connectivity index (χ4v) is 6.30. The van der Waals surface area contributed by atoms with Gasteiger partial charge in [0, 0.05) is 44.4 Å². The molecule has 0 amide bonds. The van der Waals surface area contributed by atoms with E-state index in [-0.39, 0.29) is 6.85 Å². The van der Waals surface area contributed by atoms with Gasteiger partial charge in [-0.1, -0.05) is 78.4 Å². The molecule has 6 aromatic rings. The Morgan fingerprint density at radius 3 is 2.29 bits per heavy atom. The molecule has 34 heavy (non-hydrogen) atoms. The van der Waals surface area contributed by atoms with Crippen molar-refractivity contribution in [3.8, 4) is 11.1 Å². The van der Waals surface area contributed by atoms with Crippen molar-refractivity contribution >= 4 is 56.6 Å². The van der Waals surface area contributed by atoms with E-state index in [1.165, 1.54) is 66.5 Å². The molecule has 0 atom stereocenters. The average molecular weight is 432 g/mol. The number of para-hydroxylation sites is 3. The van der Waals surface area contributed by atoms with Crippen LogP contribution < -0.4 is 15.8 Å². The van der Waals surface area contributed by atoms with Crippen molar-refractivity contribution in [2.75, 3.05) is 4.90 Å². The first kappa shape index (κ1) is 18.2. The van der Waals surface area contributed by atoms with Gasteiger partial charge in [-0.2, -0.15) is 0 Å². The average Bonchev–Trinajstić information content (AvgIpc) is 3.21. The van der Waals surface area contributed by atoms with E-state index in [0.29, 0.717) is 0 Å². The number of nitrogens with zero attached hydrogens (tertiary/aromatic N) is 2. The summed E-state index contributed by atoms with van der Waals surface area (Å²) < 4.78 is 2.60. The first-order valence-electron chi connectivity index (χ1n) is 11.9. The molecule has 0 fully saturated rings. The van der Waals surface area contributed by atoms with Crippen LogP contribution in [0.5, 0.6) is 0 Å². The number of fused-ring (bicyclic) bond motifs is 7. The van der Waals surface area contributed by atoms with Gasteiger partial charge in [0.25, 0.3) is 0 Å². The van der Waals surface area contributed by atoms with E-state index < -0.39 is 0 Å². The van der Waals surface area contributed by atoms with Crippen molar-refractivity contribution in [1.82, 2.24) is 4.48 Å². The minimum Gasteiger partial charge on any atom is -0.375 e. The summed E-state index contributed by atoms with van der Waals surface area (Å²) in [5, 5.41) is 2.68. The molecule has 2 aliphatic heterocycles. The molecule has 2 aliphatic rings. The molecule has 0 aliphatic carbocycles. The summed E-state index contributed by atoms with van der Waals surface area (Å²) >= 11 is 0. The number of rotatable bonds is 1. The Morgan fingerprint density at radius 2 is 1.38 bits per heavy atom. The monoisotopic (exact) mass is 432 g/mol.